The number of nitrogens with zero attached hydrogens (tertiary/aromatic N) is 1. The third-order valence-electron chi connectivity index (χ3n) is 2.99. The van der Waals surface area contributed by atoms with Gasteiger partial charge in [-0.2, -0.15) is 0 Å². The van der Waals surface area contributed by atoms with Crippen molar-refractivity contribution in [2.24, 2.45) is 0 Å². The van der Waals surface area contributed by atoms with Gasteiger partial charge in [0.1, 0.15) is 0 Å². The Bertz CT molecular complexity index is 633. The number of nitrogens with one attached hydrogen (secondary N) is 2. The van der Waals surface area contributed by atoms with Crippen LogP contribution in [0.4, 0.5) is 5.13 Å². The standard InChI is InChI=1S/C15H18BrN3OS.ClH/c1-10-13(9-11-4-3-5-12(16)8-11)21-15(18-10)19-14(20)6-7-17-2;/h3-5,8,17H,6-7,9H2,1-2H3,(H,18,19,20);1H. The van der Waals surface area contributed by atoms with E-state index in [-0.39, 0.29) is 18.3 Å². The molecule has 2 rings (SSSR count). The van der Waals surface area contributed by atoms with Crippen LogP contribution in [0.2, 0.25) is 0 Å². The number of hydrogen-bond acceptors (Lipinski definition) is 4. The zero-order chi connectivity index (χ0) is 15.2. The zero-order valence-corrected chi connectivity index (χ0v) is 15.7. The molecule has 0 spiro atoms. The van der Waals surface area contributed by atoms with E-state index in [0.29, 0.717) is 18.1 Å². The van der Waals surface area contributed by atoms with E-state index in [2.05, 4.69) is 43.7 Å². The van der Waals surface area contributed by atoms with Crippen LogP contribution in [0, 0.1) is 6.92 Å². The first-order valence-corrected chi connectivity index (χ1v) is 8.34. The summed E-state index contributed by atoms with van der Waals surface area (Å²) >= 11 is 5.02. The fourth-order valence-corrected chi connectivity index (χ4v) is 3.36. The van der Waals surface area contributed by atoms with Crippen LogP contribution in [0.15, 0.2) is 28.7 Å². The summed E-state index contributed by atoms with van der Waals surface area (Å²) in [6.07, 6.45) is 1.28. The Balaban J connectivity index is 0.00000242. The number of anilines is 1. The first-order chi connectivity index (χ1) is 10.1. The minimum Gasteiger partial charge on any atom is -0.319 e. The maximum Gasteiger partial charge on any atom is 0.227 e. The highest BCUT2D eigenvalue weighted by Crippen LogP contribution is 2.26. The van der Waals surface area contributed by atoms with Crippen LogP contribution in [-0.2, 0) is 11.2 Å². The number of hydrogen-bond donors (Lipinski definition) is 2. The Morgan fingerprint density at radius 3 is 2.86 bits per heavy atom. The summed E-state index contributed by atoms with van der Waals surface area (Å²) in [7, 11) is 1.83. The van der Waals surface area contributed by atoms with Crippen LogP contribution in [0.1, 0.15) is 22.6 Å². The lowest BCUT2D eigenvalue weighted by atomic mass is 10.1. The smallest absolute Gasteiger partial charge is 0.227 e. The molecule has 7 heteroatoms. The van der Waals surface area contributed by atoms with Crippen molar-refractivity contribution in [3.63, 3.8) is 0 Å². The topological polar surface area (TPSA) is 54.0 Å². The van der Waals surface area contributed by atoms with Gasteiger partial charge in [0.05, 0.1) is 5.69 Å². The van der Waals surface area contributed by atoms with E-state index < -0.39 is 0 Å². The van der Waals surface area contributed by atoms with E-state index >= 15 is 0 Å². The minimum absolute atomic E-state index is 0. The van der Waals surface area contributed by atoms with Crippen LogP contribution in [0.25, 0.3) is 0 Å². The molecule has 4 nitrogen and oxygen atoms in total. The van der Waals surface area contributed by atoms with Gasteiger partial charge in [0.25, 0.3) is 0 Å². The molecule has 1 aromatic heterocycles. The molecule has 0 radical (unpaired) electrons. The van der Waals surface area contributed by atoms with Gasteiger partial charge in [0.15, 0.2) is 5.13 Å². The average molecular weight is 405 g/mol. The predicted octanol–water partition coefficient (Wildman–Crippen LogP) is 3.77. The van der Waals surface area contributed by atoms with Gasteiger partial charge in [-0.3, -0.25) is 4.79 Å². The molecule has 0 unspecified atom stereocenters. The summed E-state index contributed by atoms with van der Waals surface area (Å²) in [4.78, 5) is 17.3. The van der Waals surface area contributed by atoms with Gasteiger partial charge in [0.2, 0.25) is 5.91 Å². The molecule has 2 aromatic rings. The van der Waals surface area contributed by atoms with E-state index in [1.807, 2.05) is 26.1 Å². The molecule has 1 amide bonds. The van der Waals surface area contributed by atoms with Gasteiger partial charge in [-0.1, -0.05) is 28.1 Å². The molecule has 0 aliphatic rings. The molecular formula is C15H19BrClN3OS. The van der Waals surface area contributed by atoms with Crippen LogP contribution in [-0.4, -0.2) is 24.5 Å². The summed E-state index contributed by atoms with van der Waals surface area (Å²) in [5.74, 6) is -0.00731. The Morgan fingerprint density at radius 2 is 2.18 bits per heavy atom. The fourth-order valence-electron chi connectivity index (χ4n) is 1.90. The van der Waals surface area contributed by atoms with Crippen molar-refractivity contribution < 1.29 is 4.79 Å². The van der Waals surface area contributed by atoms with Crippen molar-refractivity contribution in [2.45, 2.75) is 19.8 Å². The van der Waals surface area contributed by atoms with Crippen molar-refractivity contribution in [3.05, 3.63) is 44.9 Å². The normalized spacial score (nSPS) is 10.1. The quantitative estimate of drug-likeness (QED) is 0.770. The van der Waals surface area contributed by atoms with E-state index in [1.54, 1.807) is 11.3 Å². The Morgan fingerprint density at radius 1 is 1.41 bits per heavy atom. The van der Waals surface area contributed by atoms with Crippen LogP contribution >= 0.6 is 39.7 Å². The number of amides is 1. The first-order valence-electron chi connectivity index (χ1n) is 6.73. The molecule has 2 N–H and O–H groups in total. The van der Waals surface area contributed by atoms with E-state index in [9.17, 15) is 4.79 Å². The summed E-state index contributed by atoms with van der Waals surface area (Å²) in [5, 5.41) is 6.49. The van der Waals surface area contributed by atoms with Crippen molar-refractivity contribution in [1.82, 2.24) is 10.3 Å². The molecule has 0 saturated heterocycles. The SMILES string of the molecule is CNCCC(=O)Nc1nc(C)c(Cc2cccc(Br)c2)s1.Cl. The lowest BCUT2D eigenvalue weighted by Gasteiger charge is -2.01. The molecule has 1 heterocycles. The molecule has 1 aromatic carbocycles. The van der Waals surface area contributed by atoms with Gasteiger partial charge in [-0.15, -0.1) is 23.7 Å². The third-order valence-corrected chi connectivity index (χ3v) is 4.56. The molecule has 0 saturated carbocycles. The Hall–Kier alpha value is -0.950. The number of halogens is 2. The maximum atomic E-state index is 11.7. The molecule has 0 atom stereocenters. The maximum absolute atomic E-state index is 11.7. The van der Waals surface area contributed by atoms with Crippen molar-refractivity contribution in [3.8, 4) is 0 Å². The molecule has 0 bridgehead atoms. The highest BCUT2D eigenvalue weighted by Gasteiger charge is 2.11. The summed E-state index contributed by atoms with van der Waals surface area (Å²) < 4.78 is 1.07. The summed E-state index contributed by atoms with van der Waals surface area (Å²) in [5.41, 5.74) is 2.20. The minimum atomic E-state index is -0.00731. The molecular weight excluding hydrogens is 386 g/mol. The van der Waals surface area contributed by atoms with Gasteiger partial charge in [-0.05, 0) is 31.7 Å². The molecule has 0 fully saturated rings. The Kier molecular flexibility index (Phi) is 8.03. The lowest BCUT2D eigenvalue weighted by molar-refractivity contribution is -0.116. The van der Waals surface area contributed by atoms with Gasteiger partial charge >= 0.3 is 0 Å². The highest BCUT2D eigenvalue weighted by atomic mass is 79.9. The second-order valence-corrected chi connectivity index (χ2v) is 6.74. The summed E-state index contributed by atoms with van der Waals surface area (Å²) in [6.45, 7) is 2.65. The monoisotopic (exact) mass is 403 g/mol. The molecule has 0 aliphatic heterocycles. The molecule has 120 valence electrons. The predicted molar refractivity (Wildman–Crippen MR) is 98.2 cm³/mol. The van der Waals surface area contributed by atoms with Gasteiger partial charge in [0, 0.05) is 28.7 Å². The fraction of sp³-hybridized carbons (Fsp3) is 0.333. The second kappa shape index (κ2) is 9.25. The number of aryl methyl sites for hydroxylation is 1. The van der Waals surface area contributed by atoms with Crippen LogP contribution in [0.5, 0.6) is 0 Å². The first kappa shape index (κ1) is 19.1. The van der Waals surface area contributed by atoms with Crippen LogP contribution in [0.3, 0.4) is 0 Å². The lowest BCUT2D eigenvalue weighted by Crippen LogP contribution is -2.18. The van der Waals surface area contributed by atoms with Crippen molar-refractivity contribution in [2.75, 3.05) is 18.9 Å². The number of aromatic nitrogens is 1. The second-order valence-electron chi connectivity index (χ2n) is 4.74. The van der Waals surface area contributed by atoms with E-state index in [0.717, 1.165) is 16.6 Å². The highest BCUT2D eigenvalue weighted by molar-refractivity contribution is 9.10. The number of carbonyl (C=O) groups excluding carboxylic acids is 1. The Labute approximate surface area is 149 Å². The summed E-state index contributed by atoms with van der Waals surface area (Å²) in [6, 6.07) is 8.23. The van der Waals surface area contributed by atoms with Crippen molar-refractivity contribution in [1.29, 1.82) is 0 Å². The van der Waals surface area contributed by atoms with Gasteiger partial charge < -0.3 is 10.6 Å². The van der Waals surface area contributed by atoms with Crippen molar-refractivity contribution >= 4 is 50.7 Å². The van der Waals surface area contributed by atoms with E-state index in [1.165, 1.54) is 10.4 Å². The molecule has 22 heavy (non-hydrogen) atoms. The number of thiazole rings is 1. The van der Waals surface area contributed by atoms with Gasteiger partial charge in [-0.25, -0.2) is 4.98 Å². The number of rotatable bonds is 6. The number of benzene rings is 1. The third kappa shape index (κ3) is 5.68. The molecule has 0 aliphatic carbocycles. The largest absolute Gasteiger partial charge is 0.319 e. The number of carbonyl (C=O) groups is 1. The zero-order valence-electron chi connectivity index (χ0n) is 12.5. The van der Waals surface area contributed by atoms with E-state index in [4.69, 9.17) is 0 Å². The average Bonchev–Trinajstić information content (AvgIpc) is 2.76. The van der Waals surface area contributed by atoms with Crippen LogP contribution < -0.4 is 10.6 Å².